The number of nitrogens with zero attached hydrogens (tertiary/aromatic N) is 4. The minimum absolute atomic E-state index is 0.371. The molecule has 0 bridgehead atoms. The molecule has 3 aliphatic rings. The van der Waals surface area contributed by atoms with E-state index in [1.54, 1.807) is 6.08 Å². The van der Waals surface area contributed by atoms with Crippen LogP contribution in [0.15, 0.2) is 174 Å². The Morgan fingerprint density at radius 3 is 1.63 bits per heavy atom. The maximum absolute atomic E-state index is 5.36. The standard InChI is InChI=1S/C22H27N4P.C17H25N.C11H17.C6H7N.ClH.Rh/c1-23-12-13-24-14-15-25-16-17-26(22(25)18-21(23)24)27(19-8-4-2-5-9-19)20-10-6-3-7-11-20;1-14(2)9-8-10-15(3)13-16(4)18-17-11-6-5-7-12-17;1-5-7-11(4)9-6-8-10(2)3;7-6-4-2-1-3-5-6;;/h2-11,18,21-22H,1,12-17H2;5-7,9,11-13,16,18H,8,10H2,1-4H3;1,5,7-8H,6,9H2,2-4H3;1-5H,7H2;1H;/q-2;;+1;;;+3/b;15-13+;11-7+;;;. The fourth-order valence-corrected chi connectivity index (χ4v) is 10.8. The second kappa shape index (κ2) is 32.1. The molecule has 6 nitrogen and oxygen atoms in total. The maximum atomic E-state index is 5.36. The van der Waals surface area contributed by atoms with Crippen molar-refractivity contribution in [3.63, 3.8) is 0 Å². The predicted molar refractivity (Wildman–Crippen MR) is 284 cm³/mol. The van der Waals surface area contributed by atoms with Crippen LogP contribution in [0.1, 0.15) is 74.1 Å². The number of rotatable bonds is 13. The van der Waals surface area contributed by atoms with Gasteiger partial charge in [0.1, 0.15) is 18.7 Å². The van der Waals surface area contributed by atoms with Crippen molar-refractivity contribution < 1.29 is 17.3 Å². The molecule has 3 N–H and O–H groups in total. The quantitative estimate of drug-likeness (QED) is 0.0348. The van der Waals surface area contributed by atoms with E-state index < -0.39 is 8.07 Å². The van der Waals surface area contributed by atoms with E-state index in [-0.39, 0.29) is 0 Å². The molecule has 4 aromatic rings. The molecule has 0 aromatic heterocycles. The number of nitrogens with one attached hydrogen (secondary N) is 1. The number of anilines is 2. The van der Waals surface area contributed by atoms with Gasteiger partial charge in [-0.2, -0.15) is 4.67 Å². The van der Waals surface area contributed by atoms with Crippen LogP contribution >= 0.6 is 17.8 Å². The number of allylic oxidation sites excluding steroid dienone is 8. The molecule has 3 fully saturated rings. The van der Waals surface area contributed by atoms with Gasteiger partial charge in [0.15, 0.2) is 6.08 Å². The molecule has 0 radical (unpaired) electrons. The average Bonchev–Trinajstić information content (AvgIpc) is 3.80. The van der Waals surface area contributed by atoms with Gasteiger partial charge in [0, 0.05) is 62.3 Å². The molecule has 0 spiro atoms. The first-order valence-corrected chi connectivity index (χ1v) is 26.5. The first kappa shape index (κ1) is 55.6. The normalized spacial score (nSPS) is 17.9. The van der Waals surface area contributed by atoms with Crippen LogP contribution in [-0.2, 0) is 17.3 Å². The van der Waals surface area contributed by atoms with E-state index in [1.807, 2.05) is 59.8 Å². The van der Waals surface area contributed by atoms with Crippen molar-refractivity contribution in [2.45, 2.75) is 92.5 Å². The minimum atomic E-state index is -1.00. The van der Waals surface area contributed by atoms with Crippen molar-refractivity contribution >= 4 is 39.7 Å². The van der Waals surface area contributed by atoms with Crippen molar-refractivity contribution in [1.82, 2.24) is 19.4 Å². The van der Waals surface area contributed by atoms with Crippen LogP contribution < -0.4 is 21.7 Å². The molecule has 9 heteroatoms. The zero-order valence-corrected chi connectivity index (χ0v) is 43.6. The van der Waals surface area contributed by atoms with Gasteiger partial charge in [-0.05, 0) is 135 Å². The van der Waals surface area contributed by atoms with Crippen LogP contribution in [0.2, 0.25) is 0 Å². The Morgan fingerprint density at radius 1 is 0.708 bits per heavy atom. The molecular formula is C56H77ClN6PRh+2. The number of hydrogen-bond donors (Lipinski definition) is 2. The van der Waals surface area contributed by atoms with E-state index in [4.69, 9.17) is 12.3 Å². The van der Waals surface area contributed by atoms with E-state index in [9.17, 15) is 0 Å². The Labute approximate surface area is 410 Å². The molecule has 7 rings (SSSR count). The van der Waals surface area contributed by atoms with Crippen LogP contribution in [0.25, 0.3) is 0 Å². The molecule has 3 aliphatic heterocycles. The average molecular weight is 1000 g/mol. The molecule has 3 atom stereocenters. The van der Waals surface area contributed by atoms with Gasteiger partial charge in [-0.25, -0.2) is 0 Å². The first-order chi connectivity index (χ1) is 31.4. The van der Waals surface area contributed by atoms with Gasteiger partial charge in [-0.1, -0.05) is 114 Å². The van der Waals surface area contributed by atoms with Crippen molar-refractivity contribution in [3.05, 3.63) is 194 Å². The molecule has 65 heavy (non-hydrogen) atoms. The zero-order valence-electron chi connectivity index (χ0n) is 40.2. The van der Waals surface area contributed by atoms with Crippen molar-refractivity contribution in [2.75, 3.05) is 50.3 Å². The molecular weight excluding hydrogens is 926 g/mol. The molecule has 3 unspecified atom stereocenters. The number of para-hydroxylation sites is 2. The third-order valence-electron chi connectivity index (χ3n) is 11.2. The van der Waals surface area contributed by atoms with E-state index in [0.717, 1.165) is 70.6 Å². The molecule has 0 aliphatic carbocycles. The molecule has 0 saturated carbocycles. The SMILES string of the molecule is CC(C)=CCC/C(C)=C/C(C)Nc1ccccc1.Nc1ccccc1.[CH+]=C/C=C(\C)CCC=C(C)C.[CH2-]N1CCN2CCN3CCN([PH+](c4ccccc4)c4ccccc4)C3[CH-]C12.[Cl][Rh+2]. The number of hydrogen-bond acceptors (Lipinski definition) is 6. The van der Waals surface area contributed by atoms with Gasteiger partial charge in [0.25, 0.3) is 0 Å². The zero-order chi connectivity index (χ0) is 47.4. The third-order valence-corrected chi connectivity index (χ3v) is 14.0. The molecule has 3 saturated heterocycles. The Balaban J connectivity index is 0.000000255. The summed E-state index contributed by atoms with van der Waals surface area (Å²) in [7, 11) is 7.82. The molecule has 4 aromatic carbocycles. The number of benzene rings is 4. The van der Waals surface area contributed by atoms with Gasteiger partial charge in [-0.15, -0.1) is 0 Å². The summed E-state index contributed by atoms with van der Waals surface area (Å²) in [6.45, 7) is 27.1. The van der Waals surface area contributed by atoms with Gasteiger partial charge in [-0.3, -0.25) is 13.5 Å². The van der Waals surface area contributed by atoms with Crippen molar-refractivity contribution in [3.8, 4) is 0 Å². The fraction of sp³-hybridized carbons (Fsp3) is 0.357. The second-order valence-corrected chi connectivity index (χ2v) is 19.7. The molecule has 350 valence electrons. The first-order valence-electron chi connectivity index (χ1n) is 23.0. The van der Waals surface area contributed by atoms with E-state index in [0.29, 0.717) is 18.4 Å². The van der Waals surface area contributed by atoms with Gasteiger partial charge < -0.3 is 25.8 Å². The summed E-state index contributed by atoms with van der Waals surface area (Å²) in [6.07, 6.45) is 18.2. The summed E-state index contributed by atoms with van der Waals surface area (Å²) in [4.78, 5) is 7.51. The van der Waals surface area contributed by atoms with Crippen LogP contribution in [-0.4, -0.2) is 77.0 Å². The summed E-state index contributed by atoms with van der Waals surface area (Å²) in [5, 5.41) is 6.43. The Hall–Kier alpha value is -3.73. The summed E-state index contributed by atoms with van der Waals surface area (Å²) >= 11 is 2.02. The monoisotopic (exact) mass is 1000 g/mol. The van der Waals surface area contributed by atoms with E-state index in [1.165, 1.54) is 38.6 Å². The Kier molecular flexibility index (Phi) is 27.4. The van der Waals surface area contributed by atoms with Gasteiger partial charge in [0.05, 0.1) is 6.08 Å². The summed E-state index contributed by atoms with van der Waals surface area (Å²) in [5.74, 6) is 0. The third kappa shape index (κ3) is 21.2. The topological polar surface area (TPSA) is 51.0 Å². The van der Waals surface area contributed by atoms with Gasteiger partial charge in [0.2, 0.25) is 0 Å². The van der Waals surface area contributed by atoms with Gasteiger partial charge >= 0.3 is 27.0 Å². The van der Waals surface area contributed by atoms with Crippen LogP contribution in [0.5, 0.6) is 0 Å². The van der Waals surface area contributed by atoms with Crippen LogP contribution in [0, 0.1) is 20.0 Å². The molecule has 3 heterocycles. The van der Waals surface area contributed by atoms with Crippen LogP contribution in [0.4, 0.5) is 11.4 Å². The van der Waals surface area contributed by atoms with Crippen LogP contribution in [0.3, 0.4) is 0 Å². The van der Waals surface area contributed by atoms with Crippen molar-refractivity contribution in [2.24, 2.45) is 0 Å². The summed E-state index contributed by atoms with van der Waals surface area (Å²) in [6, 6.07) is 42.5. The molecule has 0 amide bonds. The number of fused-ring (bicyclic) bond motifs is 2. The van der Waals surface area contributed by atoms with Crippen molar-refractivity contribution in [1.29, 1.82) is 0 Å². The number of halogens is 1. The van der Waals surface area contributed by atoms with E-state index in [2.05, 4.69) is 199 Å². The number of nitrogens with two attached hydrogens (primary N) is 1. The number of nitrogen functional groups attached to an aromatic ring is 1. The van der Waals surface area contributed by atoms with E-state index >= 15 is 0 Å². The summed E-state index contributed by atoms with van der Waals surface area (Å²) in [5.41, 5.74) is 12.9. The predicted octanol–water partition coefficient (Wildman–Crippen LogP) is 12.5. The fourth-order valence-electron chi connectivity index (χ4n) is 7.98. The Bertz CT molecular complexity index is 1960. The Morgan fingerprint density at radius 2 is 1.15 bits per heavy atom. The second-order valence-electron chi connectivity index (χ2n) is 17.2. The summed E-state index contributed by atoms with van der Waals surface area (Å²) < 4.78 is 2.78.